The van der Waals surface area contributed by atoms with Gasteiger partial charge < -0.3 is 5.32 Å². The maximum Gasteiger partial charge on any atom is 0.416 e. The van der Waals surface area contributed by atoms with Crippen LogP contribution in [0.5, 0.6) is 0 Å². The summed E-state index contributed by atoms with van der Waals surface area (Å²) in [5.74, 6) is -2.88. The molecule has 1 spiro atoms. The molecule has 140 valence electrons. The van der Waals surface area contributed by atoms with E-state index in [2.05, 4.69) is 5.32 Å². The highest BCUT2D eigenvalue weighted by Gasteiger charge is 2.47. The smallest absolute Gasteiger partial charge is 0.325 e. The molecule has 0 bridgehead atoms. The van der Waals surface area contributed by atoms with E-state index >= 15 is 0 Å². The number of rotatable bonds is 2. The van der Waals surface area contributed by atoms with Gasteiger partial charge in [0.05, 0.1) is 5.56 Å². The minimum atomic E-state index is -4.47. The van der Waals surface area contributed by atoms with Gasteiger partial charge in [-0.25, -0.2) is 0 Å². The average Bonchev–Trinajstić information content (AvgIpc) is 2.54. The van der Waals surface area contributed by atoms with Gasteiger partial charge in [-0.05, 0) is 42.5 Å². The van der Waals surface area contributed by atoms with Gasteiger partial charge in [-0.3, -0.25) is 14.4 Å². The maximum absolute atomic E-state index is 12.6. The van der Waals surface area contributed by atoms with Crippen LogP contribution in [-0.2, 0) is 20.6 Å². The summed E-state index contributed by atoms with van der Waals surface area (Å²) in [6.45, 7) is 0. The van der Waals surface area contributed by atoms with Gasteiger partial charge in [-0.2, -0.15) is 13.2 Å². The zero-order valence-corrected chi connectivity index (χ0v) is 14.2. The molecule has 1 aromatic rings. The quantitative estimate of drug-likeness (QED) is 0.799. The van der Waals surface area contributed by atoms with Crippen molar-refractivity contribution in [3.05, 3.63) is 29.8 Å². The highest BCUT2D eigenvalue weighted by atomic mass is 19.4. The number of hydrogen-bond acceptors (Lipinski definition) is 3. The van der Waals surface area contributed by atoms with E-state index in [-0.39, 0.29) is 35.5 Å². The molecule has 0 aliphatic heterocycles. The fraction of sp³-hybridized carbons (Fsp3) is 0.526. The van der Waals surface area contributed by atoms with Crippen LogP contribution < -0.4 is 5.32 Å². The number of nitrogens with one attached hydrogen (secondary N) is 1. The molecule has 0 heterocycles. The van der Waals surface area contributed by atoms with Crippen molar-refractivity contribution in [2.75, 3.05) is 5.32 Å². The highest BCUT2D eigenvalue weighted by Crippen LogP contribution is 2.46. The van der Waals surface area contributed by atoms with Gasteiger partial charge in [-0.1, -0.05) is 19.3 Å². The molecule has 7 heteroatoms. The van der Waals surface area contributed by atoms with Gasteiger partial charge in [0.25, 0.3) is 0 Å². The Hall–Kier alpha value is -2.18. The van der Waals surface area contributed by atoms with E-state index in [1.54, 1.807) is 0 Å². The second-order valence-corrected chi connectivity index (χ2v) is 7.34. The first-order chi connectivity index (χ1) is 12.2. The molecule has 0 radical (unpaired) electrons. The van der Waals surface area contributed by atoms with Crippen molar-refractivity contribution in [1.82, 2.24) is 0 Å². The molecule has 0 saturated heterocycles. The van der Waals surface area contributed by atoms with Crippen molar-refractivity contribution in [2.45, 2.75) is 51.1 Å². The fourth-order valence-corrected chi connectivity index (χ4v) is 4.09. The number of anilines is 1. The summed E-state index contributed by atoms with van der Waals surface area (Å²) in [6.07, 6.45) is 0.725. The summed E-state index contributed by atoms with van der Waals surface area (Å²) in [5.41, 5.74) is -1.00. The van der Waals surface area contributed by atoms with E-state index in [1.807, 2.05) is 0 Å². The Labute approximate surface area is 149 Å². The van der Waals surface area contributed by atoms with Gasteiger partial charge in [0.15, 0.2) is 17.5 Å². The topological polar surface area (TPSA) is 63.2 Å². The van der Waals surface area contributed by atoms with Crippen LogP contribution in [0.2, 0.25) is 0 Å². The fourth-order valence-electron chi connectivity index (χ4n) is 4.09. The molecule has 2 aliphatic carbocycles. The SMILES string of the molecule is O=C1CC2(CCCCC2)CC(=O)C1C(=O)Nc1ccc(C(F)(F)F)cc1. The Morgan fingerprint density at radius 3 is 2.00 bits per heavy atom. The average molecular weight is 367 g/mol. The van der Waals surface area contributed by atoms with Crippen LogP contribution >= 0.6 is 0 Å². The van der Waals surface area contributed by atoms with Crippen molar-refractivity contribution in [3.8, 4) is 0 Å². The van der Waals surface area contributed by atoms with E-state index in [0.29, 0.717) is 0 Å². The highest BCUT2D eigenvalue weighted by molar-refractivity contribution is 6.23. The molecular weight excluding hydrogens is 347 g/mol. The van der Waals surface area contributed by atoms with Crippen LogP contribution in [-0.4, -0.2) is 17.5 Å². The second-order valence-electron chi connectivity index (χ2n) is 7.34. The number of carbonyl (C=O) groups excluding carboxylic acids is 3. The summed E-state index contributed by atoms with van der Waals surface area (Å²) in [4.78, 5) is 37.3. The summed E-state index contributed by atoms with van der Waals surface area (Å²) in [6, 6.07) is 3.91. The zero-order chi connectivity index (χ0) is 18.9. The molecular formula is C19H20F3NO3. The van der Waals surface area contributed by atoms with Gasteiger partial charge in [-0.15, -0.1) is 0 Å². The third-order valence-corrected chi connectivity index (χ3v) is 5.40. The van der Waals surface area contributed by atoms with Crippen LogP contribution in [0.25, 0.3) is 0 Å². The Morgan fingerprint density at radius 1 is 0.962 bits per heavy atom. The molecule has 1 amide bonds. The predicted octanol–water partition coefficient (Wildman–Crippen LogP) is 4.14. The Kier molecular flexibility index (Phi) is 4.90. The standard InChI is InChI=1S/C19H20F3NO3/c20-19(21,22)12-4-6-13(7-5-12)23-17(26)16-14(24)10-18(11-15(16)25)8-2-1-3-9-18/h4-7,16H,1-3,8-11H2,(H,23,26). The molecule has 1 N–H and O–H groups in total. The lowest BCUT2D eigenvalue weighted by atomic mass is 9.62. The summed E-state index contributed by atoms with van der Waals surface area (Å²) in [7, 11) is 0. The van der Waals surface area contributed by atoms with Crippen molar-refractivity contribution in [1.29, 1.82) is 0 Å². The first-order valence-corrected chi connectivity index (χ1v) is 8.74. The van der Waals surface area contributed by atoms with Crippen molar-refractivity contribution < 1.29 is 27.6 Å². The first-order valence-electron chi connectivity index (χ1n) is 8.74. The minimum absolute atomic E-state index is 0.126. The van der Waals surface area contributed by atoms with E-state index in [1.165, 1.54) is 0 Å². The molecule has 1 aromatic carbocycles. The molecule has 2 aliphatic rings. The Balaban J connectivity index is 1.68. The Morgan fingerprint density at radius 2 is 1.50 bits per heavy atom. The molecule has 0 atom stereocenters. The Bertz CT molecular complexity index is 699. The molecule has 2 saturated carbocycles. The van der Waals surface area contributed by atoms with Gasteiger partial charge >= 0.3 is 6.18 Å². The number of benzene rings is 1. The third-order valence-electron chi connectivity index (χ3n) is 5.40. The number of hydrogen-bond donors (Lipinski definition) is 1. The number of alkyl halides is 3. The van der Waals surface area contributed by atoms with Crippen molar-refractivity contribution >= 4 is 23.2 Å². The van der Waals surface area contributed by atoms with E-state index in [0.717, 1.165) is 56.4 Å². The van der Waals surface area contributed by atoms with Crippen LogP contribution in [0.1, 0.15) is 50.5 Å². The first kappa shape index (κ1) is 18.6. The maximum atomic E-state index is 12.6. The molecule has 4 nitrogen and oxygen atoms in total. The van der Waals surface area contributed by atoms with E-state index in [9.17, 15) is 27.6 Å². The van der Waals surface area contributed by atoms with E-state index in [4.69, 9.17) is 0 Å². The monoisotopic (exact) mass is 367 g/mol. The molecule has 3 rings (SSSR count). The largest absolute Gasteiger partial charge is 0.416 e. The van der Waals surface area contributed by atoms with Crippen LogP contribution in [0, 0.1) is 11.3 Å². The normalized spacial score (nSPS) is 21.0. The summed E-state index contributed by atoms with van der Waals surface area (Å²) >= 11 is 0. The predicted molar refractivity (Wildman–Crippen MR) is 88.3 cm³/mol. The lowest BCUT2D eigenvalue weighted by Crippen LogP contribution is -2.46. The van der Waals surface area contributed by atoms with Crippen LogP contribution in [0.15, 0.2) is 24.3 Å². The second kappa shape index (κ2) is 6.85. The molecule has 26 heavy (non-hydrogen) atoms. The number of ketones is 2. The molecule has 0 aromatic heterocycles. The van der Waals surface area contributed by atoms with Crippen LogP contribution in [0.3, 0.4) is 0 Å². The van der Waals surface area contributed by atoms with Gasteiger partial charge in [0.1, 0.15) is 0 Å². The van der Waals surface area contributed by atoms with Gasteiger partial charge in [0.2, 0.25) is 5.91 Å². The van der Waals surface area contributed by atoms with Crippen LogP contribution in [0.4, 0.5) is 18.9 Å². The number of halogens is 3. The van der Waals surface area contributed by atoms with Crippen molar-refractivity contribution in [3.63, 3.8) is 0 Å². The third kappa shape index (κ3) is 3.81. The summed E-state index contributed by atoms with van der Waals surface area (Å²) in [5, 5.41) is 2.39. The number of carbonyl (C=O) groups is 3. The molecule has 2 fully saturated rings. The van der Waals surface area contributed by atoms with Gasteiger partial charge in [0, 0.05) is 18.5 Å². The van der Waals surface area contributed by atoms with E-state index < -0.39 is 23.6 Å². The lowest BCUT2D eigenvalue weighted by Gasteiger charge is -2.40. The lowest BCUT2D eigenvalue weighted by molar-refractivity contribution is -0.146. The minimum Gasteiger partial charge on any atom is -0.325 e. The summed E-state index contributed by atoms with van der Waals surface area (Å²) < 4.78 is 37.7. The van der Waals surface area contributed by atoms with Crippen molar-refractivity contribution in [2.24, 2.45) is 11.3 Å². The zero-order valence-electron chi connectivity index (χ0n) is 14.2. The molecule has 0 unspecified atom stereocenters. The number of Topliss-reactive ketones (excluding diaryl/α,β-unsaturated/α-hetero) is 2. The number of amides is 1.